The largest absolute Gasteiger partial charge is 0.496 e. The zero-order valence-electron chi connectivity index (χ0n) is 21.8. The zero-order chi connectivity index (χ0) is 27.3. The Labute approximate surface area is 213 Å². The predicted molar refractivity (Wildman–Crippen MR) is 140 cm³/mol. The van der Waals surface area contributed by atoms with Gasteiger partial charge in [-0.1, -0.05) is 12.1 Å². The van der Waals surface area contributed by atoms with Crippen LogP contribution in [-0.4, -0.2) is 47.5 Å². The summed E-state index contributed by atoms with van der Waals surface area (Å²) >= 11 is 0. The van der Waals surface area contributed by atoms with E-state index in [1.54, 1.807) is 57.2 Å². The number of aromatic nitrogens is 2. The summed E-state index contributed by atoms with van der Waals surface area (Å²) in [7, 11) is 3.01. The number of para-hydroxylation sites is 1. The van der Waals surface area contributed by atoms with Gasteiger partial charge < -0.3 is 24.8 Å². The van der Waals surface area contributed by atoms with Gasteiger partial charge in [-0.2, -0.15) is 0 Å². The Balaban J connectivity index is 1.90. The molecule has 0 aliphatic rings. The predicted octanol–water partition coefficient (Wildman–Crippen LogP) is 2.65. The maximum absolute atomic E-state index is 13.3. The van der Waals surface area contributed by atoms with Crippen LogP contribution in [0.2, 0.25) is 0 Å². The summed E-state index contributed by atoms with van der Waals surface area (Å²) < 4.78 is 18.1. The molecular formula is C26H32N4O7. The van der Waals surface area contributed by atoms with Gasteiger partial charge in [0.15, 0.2) is 0 Å². The van der Waals surface area contributed by atoms with E-state index >= 15 is 0 Å². The summed E-state index contributed by atoms with van der Waals surface area (Å²) in [6.07, 6.45) is -0.662. The Kier molecular flexibility index (Phi) is 8.26. The number of fused-ring (bicyclic) bond motifs is 1. The number of rotatable bonds is 8. The molecule has 0 fully saturated rings. The van der Waals surface area contributed by atoms with E-state index in [-0.39, 0.29) is 25.0 Å². The van der Waals surface area contributed by atoms with Gasteiger partial charge in [0.05, 0.1) is 30.8 Å². The van der Waals surface area contributed by atoms with E-state index in [0.717, 1.165) is 10.1 Å². The van der Waals surface area contributed by atoms with Crippen LogP contribution in [0, 0.1) is 6.92 Å². The quantitative estimate of drug-likeness (QED) is 0.475. The Bertz CT molecular complexity index is 1430. The van der Waals surface area contributed by atoms with E-state index in [1.165, 1.54) is 18.8 Å². The van der Waals surface area contributed by atoms with Crippen molar-refractivity contribution in [1.82, 2.24) is 14.5 Å². The molecule has 1 aromatic heterocycles. The Morgan fingerprint density at radius 3 is 2.30 bits per heavy atom. The van der Waals surface area contributed by atoms with Crippen molar-refractivity contribution in [3.63, 3.8) is 0 Å². The SMILES string of the molecule is COc1cc(OC)c(NC(=O)Cn2c(=O)n(CCNC(=O)OC(C)(C)C)c(=O)c3ccccc32)cc1C. The van der Waals surface area contributed by atoms with Crippen molar-refractivity contribution in [2.24, 2.45) is 0 Å². The van der Waals surface area contributed by atoms with E-state index in [1.807, 2.05) is 6.92 Å². The second kappa shape index (κ2) is 11.2. The highest BCUT2D eigenvalue weighted by Gasteiger charge is 2.19. The maximum atomic E-state index is 13.3. The van der Waals surface area contributed by atoms with Gasteiger partial charge in [-0.05, 0) is 51.5 Å². The van der Waals surface area contributed by atoms with Gasteiger partial charge in [-0.25, -0.2) is 9.59 Å². The molecular weight excluding hydrogens is 480 g/mol. The third kappa shape index (κ3) is 6.49. The molecule has 0 saturated carbocycles. The summed E-state index contributed by atoms with van der Waals surface area (Å²) in [6.45, 7) is 6.54. The Morgan fingerprint density at radius 2 is 1.65 bits per heavy atom. The fraction of sp³-hybridized carbons (Fsp3) is 0.385. The topological polar surface area (TPSA) is 130 Å². The third-order valence-corrected chi connectivity index (χ3v) is 5.43. The lowest BCUT2D eigenvalue weighted by Crippen LogP contribution is -2.44. The van der Waals surface area contributed by atoms with E-state index in [4.69, 9.17) is 14.2 Å². The first-order chi connectivity index (χ1) is 17.4. The normalized spacial score (nSPS) is 11.2. The second-order valence-corrected chi connectivity index (χ2v) is 9.34. The van der Waals surface area contributed by atoms with Crippen molar-refractivity contribution in [3.8, 4) is 11.5 Å². The maximum Gasteiger partial charge on any atom is 0.407 e. The summed E-state index contributed by atoms with van der Waals surface area (Å²) in [4.78, 5) is 51.3. The number of methoxy groups -OCH3 is 2. The van der Waals surface area contributed by atoms with E-state index in [9.17, 15) is 19.2 Å². The molecule has 0 saturated heterocycles. The average molecular weight is 513 g/mol. The van der Waals surface area contributed by atoms with Crippen LogP contribution in [0.1, 0.15) is 26.3 Å². The molecule has 37 heavy (non-hydrogen) atoms. The zero-order valence-corrected chi connectivity index (χ0v) is 21.8. The van der Waals surface area contributed by atoms with E-state index in [2.05, 4.69) is 10.6 Å². The molecule has 3 rings (SSSR count). The van der Waals surface area contributed by atoms with E-state index < -0.39 is 28.9 Å². The number of anilines is 1. The van der Waals surface area contributed by atoms with Crippen LogP contribution in [0.25, 0.3) is 10.9 Å². The van der Waals surface area contributed by atoms with Crippen molar-refractivity contribution in [2.75, 3.05) is 26.1 Å². The van der Waals surface area contributed by atoms with Crippen molar-refractivity contribution in [1.29, 1.82) is 0 Å². The summed E-state index contributed by atoms with van der Waals surface area (Å²) in [5.41, 5.74) is -0.361. The third-order valence-electron chi connectivity index (χ3n) is 5.43. The van der Waals surface area contributed by atoms with Gasteiger partial charge in [0.2, 0.25) is 5.91 Å². The van der Waals surface area contributed by atoms with Crippen LogP contribution in [0.15, 0.2) is 46.0 Å². The molecule has 3 aromatic rings. The van der Waals surface area contributed by atoms with Crippen molar-refractivity contribution in [3.05, 3.63) is 62.8 Å². The van der Waals surface area contributed by atoms with Gasteiger partial charge in [0.25, 0.3) is 5.56 Å². The number of hydrogen-bond donors (Lipinski definition) is 2. The first-order valence-electron chi connectivity index (χ1n) is 11.7. The molecule has 0 bridgehead atoms. The lowest BCUT2D eigenvalue weighted by molar-refractivity contribution is -0.116. The molecule has 198 valence electrons. The van der Waals surface area contributed by atoms with Crippen molar-refractivity contribution < 1.29 is 23.8 Å². The molecule has 2 amide bonds. The monoisotopic (exact) mass is 512 g/mol. The lowest BCUT2D eigenvalue weighted by Gasteiger charge is -2.20. The highest BCUT2D eigenvalue weighted by molar-refractivity contribution is 5.93. The molecule has 2 aromatic carbocycles. The second-order valence-electron chi connectivity index (χ2n) is 9.34. The van der Waals surface area contributed by atoms with Gasteiger partial charge in [-0.15, -0.1) is 0 Å². The first-order valence-corrected chi connectivity index (χ1v) is 11.7. The summed E-state index contributed by atoms with van der Waals surface area (Å²) in [5.74, 6) is 0.502. The molecule has 0 aliphatic carbocycles. The molecule has 0 spiro atoms. The number of carbonyl (C=O) groups excluding carboxylic acids is 2. The van der Waals surface area contributed by atoms with Gasteiger partial charge in [0, 0.05) is 19.2 Å². The number of amides is 2. The number of ether oxygens (including phenoxy) is 3. The first kappa shape index (κ1) is 27.3. The molecule has 11 nitrogen and oxygen atoms in total. The Morgan fingerprint density at radius 1 is 0.973 bits per heavy atom. The van der Waals surface area contributed by atoms with Crippen LogP contribution in [0.3, 0.4) is 0 Å². The average Bonchev–Trinajstić information content (AvgIpc) is 2.83. The molecule has 0 radical (unpaired) electrons. The van der Waals surface area contributed by atoms with Gasteiger partial charge in [0.1, 0.15) is 23.6 Å². The highest BCUT2D eigenvalue weighted by atomic mass is 16.6. The van der Waals surface area contributed by atoms with Crippen LogP contribution in [0.4, 0.5) is 10.5 Å². The highest BCUT2D eigenvalue weighted by Crippen LogP contribution is 2.32. The minimum absolute atomic E-state index is 0.0169. The Hall–Kier alpha value is -4.28. The van der Waals surface area contributed by atoms with Crippen LogP contribution in [0.5, 0.6) is 11.5 Å². The summed E-state index contributed by atoms with van der Waals surface area (Å²) in [6, 6.07) is 9.91. The fourth-order valence-electron chi connectivity index (χ4n) is 3.79. The number of nitrogens with zero attached hydrogens (tertiary/aromatic N) is 2. The smallest absolute Gasteiger partial charge is 0.407 e. The number of benzene rings is 2. The number of aryl methyl sites for hydroxylation is 1. The molecule has 0 atom stereocenters. The van der Waals surface area contributed by atoms with Crippen LogP contribution >= 0.6 is 0 Å². The molecule has 11 heteroatoms. The fourth-order valence-corrected chi connectivity index (χ4v) is 3.79. The lowest BCUT2D eigenvalue weighted by atomic mass is 10.2. The molecule has 0 unspecified atom stereocenters. The molecule has 1 heterocycles. The number of nitrogens with one attached hydrogen (secondary N) is 2. The minimum Gasteiger partial charge on any atom is -0.496 e. The van der Waals surface area contributed by atoms with Crippen molar-refractivity contribution in [2.45, 2.75) is 46.4 Å². The number of carbonyl (C=O) groups is 2. The summed E-state index contributed by atoms with van der Waals surface area (Å²) in [5, 5.41) is 5.57. The molecule has 2 N–H and O–H groups in total. The number of hydrogen-bond acceptors (Lipinski definition) is 7. The van der Waals surface area contributed by atoms with Gasteiger partial charge in [-0.3, -0.25) is 18.7 Å². The van der Waals surface area contributed by atoms with Crippen molar-refractivity contribution >= 4 is 28.6 Å². The molecule has 0 aliphatic heterocycles. The van der Waals surface area contributed by atoms with Gasteiger partial charge >= 0.3 is 11.8 Å². The standard InChI is InChI=1S/C26H32N4O7/c1-16-13-18(21(36-6)14-20(16)35-5)28-22(31)15-30-19-10-8-7-9-17(19)23(32)29(25(30)34)12-11-27-24(33)37-26(2,3)4/h7-10,13-14H,11-12,15H2,1-6H3,(H,27,33)(H,28,31). The minimum atomic E-state index is -0.685. The van der Waals surface area contributed by atoms with Crippen LogP contribution < -0.4 is 31.4 Å². The van der Waals surface area contributed by atoms with Crippen LogP contribution in [-0.2, 0) is 22.6 Å². The number of alkyl carbamates (subject to hydrolysis) is 1. The van der Waals surface area contributed by atoms with E-state index in [0.29, 0.717) is 22.7 Å².